The summed E-state index contributed by atoms with van der Waals surface area (Å²) < 4.78 is 5.79. The molecule has 2 aliphatic heterocycles. The predicted molar refractivity (Wildman–Crippen MR) is 118 cm³/mol. The van der Waals surface area contributed by atoms with E-state index in [4.69, 9.17) is 4.74 Å². The fourth-order valence-electron chi connectivity index (χ4n) is 4.12. The van der Waals surface area contributed by atoms with Gasteiger partial charge >= 0.3 is 0 Å². The lowest BCUT2D eigenvalue weighted by molar-refractivity contribution is -0.138. The molecule has 0 aliphatic carbocycles. The average molecular weight is 410 g/mol. The summed E-state index contributed by atoms with van der Waals surface area (Å²) in [5.41, 5.74) is 0. The van der Waals surface area contributed by atoms with E-state index in [2.05, 4.69) is 32.1 Å². The third kappa shape index (κ3) is 5.01. The molecule has 0 spiro atoms. The summed E-state index contributed by atoms with van der Waals surface area (Å²) in [6.07, 6.45) is 4.57. The Bertz CT molecular complexity index is 798. The predicted octanol–water partition coefficient (Wildman–Crippen LogP) is 2.97. The zero-order valence-electron chi connectivity index (χ0n) is 17.7. The molecule has 7 heteroatoms. The van der Waals surface area contributed by atoms with Crippen LogP contribution in [0, 0.1) is 0 Å². The Kier molecular flexibility index (Phi) is 6.67. The van der Waals surface area contributed by atoms with Crippen LogP contribution in [0.2, 0.25) is 0 Å². The number of para-hydroxylation sites is 1. The second-order valence-electron chi connectivity index (χ2n) is 8.04. The van der Waals surface area contributed by atoms with Crippen molar-refractivity contribution in [1.29, 1.82) is 0 Å². The van der Waals surface area contributed by atoms with Gasteiger partial charge in [0.05, 0.1) is 0 Å². The van der Waals surface area contributed by atoms with Gasteiger partial charge in [0.15, 0.2) is 17.7 Å². The molecule has 1 amide bonds. The molecule has 1 aromatic carbocycles. The van der Waals surface area contributed by atoms with Crippen molar-refractivity contribution in [2.75, 3.05) is 49.1 Å². The first-order valence-electron chi connectivity index (χ1n) is 11.0. The van der Waals surface area contributed by atoms with Crippen molar-refractivity contribution >= 4 is 17.5 Å². The van der Waals surface area contributed by atoms with Crippen molar-refractivity contribution < 1.29 is 9.53 Å². The smallest absolute Gasteiger partial charge is 0.263 e. The first kappa shape index (κ1) is 20.4. The fourth-order valence-corrected chi connectivity index (χ4v) is 4.12. The number of hydrogen-bond donors (Lipinski definition) is 0. The first-order chi connectivity index (χ1) is 14.7. The van der Waals surface area contributed by atoms with Crippen LogP contribution in [-0.4, -0.2) is 66.4 Å². The normalized spacial score (nSPS) is 18.6. The number of aromatic nitrogens is 2. The minimum Gasteiger partial charge on any atom is -0.481 e. The van der Waals surface area contributed by atoms with Crippen LogP contribution in [0.4, 0.5) is 11.6 Å². The van der Waals surface area contributed by atoms with Gasteiger partial charge in [-0.15, -0.1) is 10.2 Å². The van der Waals surface area contributed by atoms with Crippen LogP contribution >= 0.6 is 0 Å². The van der Waals surface area contributed by atoms with E-state index >= 15 is 0 Å². The van der Waals surface area contributed by atoms with Crippen LogP contribution < -0.4 is 14.5 Å². The lowest BCUT2D eigenvalue weighted by atomic mass is 10.2. The number of benzene rings is 1. The van der Waals surface area contributed by atoms with Crippen molar-refractivity contribution in [3.8, 4) is 5.75 Å². The lowest BCUT2D eigenvalue weighted by Crippen LogP contribution is -2.52. The van der Waals surface area contributed by atoms with Gasteiger partial charge in [0.2, 0.25) is 0 Å². The van der Waals surface area contributed by atoms with Crippen molar-refractivity contribution in [2.24, 2.45) is 0 Å². The van der Waals surface area contributed by atoms with Crippen LogP contribution in [0.3, 0.4) is 0 Å². The highest BCUT2D eigenvalue weighted by atomic mass is 16.5. The molecular weight excluding hydrogens is 378 g/mol. The van der Waals surface area contributed by atoms with Crippen LogP contribution in [0.5, 0.6) is 5.75 Å². The first-order valence-corrected chi connectivity index (χ1v) is 11.0. The summed E-state index contributed by atoms with van der Waals surface area (Å²) in [4.78, 5) is 19.2. The van der Waals surface area contributed by atoms with E-state index < -0.39 is 6.10 Å². The standard InChI is InChI=1S/C23H31N5O2/c1-19(30-20-9-5-4-6-10-20)23(29)28-17-15-27(16-18-28)22-12-11-21(24-25-22)26-13-7-2-3-8-14-26/h4-6,9-12,19H,2-3,7-8,13-18H2,1H3/t19-/m1/s1. The maximum Gasteiger partial charge on any atom is 0.263 e. The van der Waals surface area contributed by atoms with Gasteiger partial charge in [-0.05, 0) is 44.0 Å². The quantitative estimate of drug-likeness (QED) is 0.757. The van der Waals surface area contributed by atoms with E-state index in [-0.39, 0.29) is 5.91 Å². The minimum atomic E-state index is -0.494. The largest absolute Gasteiger partial charge is 0.481 e. The Morgan fingerprint density at radius 1 is 0.800 bits per heavy atom. The molecule has 0 saturated carbocycles. The molecule has 0 bridgehead atoms. The number of ether oxygens (including phenoxy) is 1. The third-order valence-electron chi connectivity index (χ3n) is 5.89. The molecule has 0 unspecified atom stereocenters. The van der Waals surface area contributed by atoms with Gasteiger partial charge in [-0.1, -0.05) is 31.0 Å². The summed E-state index contributed by atoms with van der Waals surface area (Å²) >= 11 is 0. The lowest BCUT2D eigenvalue weighted by Gasteiger charge is -2.36. The SMILES string of the molecule is C[C@@H](Oc1ccccc1)C(=O)N1CCN(c2ccc(N3CCCCCC3)nn2)CC1. The highest BCUT2D eigenvalue weighted by Crippen LogP contribution is 2.20. The molecule has 7 nitrogen and oxygen atoms in total. The molecule has 2 fully saturated rings. The Labute approximate surface area is 178 Å². The average Bonchev–Trinajstić information content (AvgIpc) is 3.09. The van der Waals surface area contributed by atoms with Gasteiger partial charge in [0.25, 0.3) is 5.91 Å². The molecule has 3 heterocycles. The van der Waals surface area contributed by atoms with Crippen LogP contribution in [0.25, 0.3) is 0 Å². The second-order valence-corrected chi connectivity index (χ2v) is 8.04. The minimum absolute atomic E-state index is 0.0288. The van der Waals surface area contributed by atoms with Crippen LogP contribution in [-0.2, 0) is 4.79 Å². The Hall–Kier alpha value is -2.83. The second kappa shape index (κ2) is 9.78. The molecule has 0 N–H and O–H groups in total. The van der Waals surface area contributed by atoms with Crippen LogP contribution in [0.15, 0.2) is 42.5 Å². The molecule has 2 aromatic rings. The molecule has 160 valence electrons. The summed E-state index contributed by atoms with van der Waals surface area (Å²) in [5.74, 6) is 2.61. The van der Waals surface area contributed by atoms with E-state index in [1.165, 1.54) is 25.7 Å². The van der Waals surface area contributed by atoms with Crippen LogP contribution in [0.1, 0.15) is 32.6 Å². The highest BCUT2D eigenvalue weighted by Gasteiger charge is 2.26. The van der Waals surface area contributed by atoms with E-state index in [0.717, 1.165) is 43.6 Å². The van der Waals surface area contributed by atoms with Gasteiger partial charge in [0, 0.05) is 39.3 Å². The number of hydrogen-bond acceptors (Lipinski definition) is 6. The van der Waals surface area contributed by atoms with Gasteiger partial charge in [-0.2, -0.15) is 0 Å². The number of anilines is 2. The van der Waals surface area contributed by atoms with E-state index in [9.17, 15) is 4.79 Å². The van der Waals surface area contributed by atoms with Crippen molar-refractivity contribution in [1.82, 2.24) is 15.1 Å². The number of carbonyl (C=O) groups excluding carboxylic acids is 1. The van der Waals surface area contributed by atoms with Crippen molar-refractivity contribution in [3.05, 3.63) is 42.5 Å². The molecule has 2 aliphatic rings. The molecule has 2 saturated heterocycles. The third-order valence-corrected chi connectivity index (χ3v) is 5.89. The summed E-state index contributed by atoms with van der Waals surface area (Å²) in [7, 11) is 0. The number of nitrogens with zero attached hydrogens (tertiary/aromatic N) is 5. The fraction of sp³-hybridized carbons (Fsp3) is 0.522. The monoisotopic (exact) mass is 409 g/mol. The molecular formula is C23H31N5O2. The summed E-state index contributed by atoms with van der Waals surface area (Å²) in [6, 6.07) is 13.6. The van der Waals surface area contributed by atoms with Gasteiger partial charge in [-0.3, -0.25) is 4.79 Å². The van der Waals surface area contributed by atoms with E-state index in [1.807, 2.05) is 42.2 Å². The molecule has 1 aromatic heterocycles. The van der Waals surface area contributed by atoms with Crippen molar-refractivity contribution in [2.45, 2.75) is 38.7 Å². The molecule has 1 atom stereocenters. The summed E-state index contributed by atoms with van der Waals surface area (Å²) in [5, 5.41) is 8.96. The maximum absolute atomic E-state index is 12.7. The highest BCUT2D eigenvalue weighted by molar-refractivity contribution is 5.81. The Morgan fingerprint density at radius 3 is 1.93 bits per heavy atom. The zero-order chi connectivity index (χ0) is 20.8. The van der Waals surface area contributed by atoms with Gasteiger partial charge < -0.3 is 19.4 Å². The number of piperazine rings is 1. The van der Waals surface area contributed by atoms with Gasteiger partial charge in [0.1, 0.15) is 5.75 Å². The summed E-state index contributed by atoms with van der Waals surface area (Å²) in [6.45, 7) is 6.78. The zero-order valence-corrected chi connectivity index (χ0v) is 17.7. The topological polar surface area (TPSA) is 61.8 Å². The van der Waals surface area contributed by atoms with Gasteiger partial charge in [-0.25, -0.2) is 0 Å². The number of amides is 1. The van der Waals surface area contributed by atoms with E-state index in [1.54, 1.807) is 0 Å². The van der Waals surface area contributed by atoms with Crippen molar-refractivity contribution in [3.63, 3.8) is 0 Å². The molecule has 4 rings (SSSR count). The Morgan fingerprint density at radius 2 is 1.37 bits per heavy atom. The number of rotatable bonds is 5. The Balaban J connectivity index is 1.29. The molecule has 0 radical (unpaired) electrons. The van der Waals surface area contributed by atoms with E-state index in [0.29, 0.717) is 13.1 Å². The maximum atomic E-state index is 12.7. The number of carbonyl (C=O) groups is 1. The molecule has 30 heavy (non-hydrogen) atoms.